The van der Waals surface area contributed by atoms with E-state index in [1.165, 1.54) is 19.1 Å². The van der Waals surface area contributed by atoms with Gasteiger partial charge in [0.2, 0.25) is 12.2 Å². The third-order valence-corrected chi connectivity index (χ3v) is 3.36. The summed E-state index contributed by atoms with van der Waals surface area (Å²) in [6.07, 6.45) is -5.04. The van der Waals surface area contributed by atoms with Crippen LogP contribution in [0.15, 0.2) is 24.3 Å². The van der Waals surface area contributed by atoms with Gasteiger partial charge in [0.25, 0.3) is 0 Å². The van der Waals surface area contributed by atoms with Crippen molar-refractivity contribution in [3.8, 4) is 11.5 Å². The van der Waals surface area contributed by atoms with Crippen LogP contribution in [0.4, 0.5) is 0 Å². The fourth-order valence-electron chi connectivity index (χ4n) is 2.25. The van der Waals surface area contributed by atoms with Crippen LogP contribution in [0.25, 0.3) is 0 Å². The molecule has 1 aliphatic rings. The molecule has 1 heterocycles. The summed E-state index contributed by atoms with van der Waals surface area (Å²) >= 11 is 0. The van der Waals surface area contributed by atoms with Gasteiger partial charge in [-0.25, -0.2) is 0 Å². The van der Waals surface area contributed by atoms with Crippen LogP contribution in [0, 0.1) is 0 Å². The SMILES string of the molecule is CC(=O)N[C@@H]1C(Oc2ccccc2O)OC(CO)C(O)C1O. The van der Waals surface area contributed by atoms with E-state index in [0.29, 0.717) is 0 Å². The van der Waals surface area contributed by atoms with Crippen LogP contribution in [-0.4, -0.2) is 63.6 Å². The number of ether oxygens (including phenoxy) is 2. The predicted octanol–water partition coefficient (Wildman–Crippen LogP) is -1.29. The van der Waals surface area contributed by atoms with Crippen molar-refractivity contribution >= 4 is 5.91 Å². The van der Waals surface area contributed by atoms with E-state index < -0.39 is 43.2 Å². The van der Waals surface area contributed by atoms with Gasteiger partial charge in [0.05, 0.1) is 6.61 Å². The molecule has 122 valence electrons. The smallest absolute Gasteiger partial charge is 0.223 e. The minimum Gasteiger partial charge on any atom is -0.504 e. The van der Waals surface area contributed by atoms with Gasteiger partial charge in [-0.15, -0.1) is 0 Å². The molecule has 1 saturated heterocycles. The highest BCUT2D eigenvalue weighted by atomic mass is 16.7. The number of amides is 1. The minimum atomic E-state index is -1.40. The normalized spacial score (nSPS) is 31.5. The zero-order chi connectivity index (χ0) is 16.3. The Bertz CT molecular complexity index is 524. The third-order valence-electron chi connectivity index (χ3n) is 3.36. The molecule has 22 heavy (non-hydrogen) atoms. The van der Waals surface area contributed by atoms with Gasteiger partial charge in [0.1, 0.15) is 24.4 Å². The molecule has 5 N–H and O–H groups in total. The molecular weight excluding hydrogens is 294 g/mol. The molecule has 8 nitrogen and oxygen atoms in total. The van der Waals surface area contributed by atoms with E-state index in [9.17, 15) is 25.2 Å². The Kier molecular flexibility index (Phi) is 5.19. The maximum Gasteiger partial charge on any atom is 0.223 e. The van der Waals surface area contributed by atoms with Crippen molar-refractivity contribution in [2.24, 2.45) is 0 Å². The second-order valence-corrected chi connectivity index (χ2v) is 5.02. The topological polar surface area (TPSA) is 128 Å². The molecule has 8 heteroatoms. The number of carbonyl (C=O) groups is 1. The summed E-state index contributed by atoms with van der Waals surface area (Å²) in [6, 6.07) is 5.05. The Labute approximate surface area is 126 Å². The van der Waals surface area contributed by atoms with E-state index in [1.54, 1.807) is 12.1 Å². The first-order valence-electron chi connectivity index (χ1n) is 6.78. The number of rotatable bonds is 4. The monoisotopic (exact) mass is 313 g/mol. The van der Waals surface area contributed by atoms with Gasteiger partial charge in [-0.2, -0.15) is 0 Å². The van der Waals surface area contributed by atoms with E-state index >= 15 is 0 Å². The Morgan fingerprint density at radius 1 is 1.32 bits per heavy atom. The number of aliphatic hydroxyl groups is 3. The van der Waals surface area contributed by atoms with Crippen LogP contribution in [0.5, 0.6) is 11.5 Å². The molecule has 0 bridgehead atoms. The summed E-state index contributed by atoms with van der Waals surface area (Å²) < 4.78 is 10.9. The van der Waals surface area contributed by atoms with Crippen molar-refractivity contribution in [3.05, 3.63) is 24.3 Å². The molecule has 4 unspecified atom stereocenters. The quantitative estimate of drug-likeness (QED) is 0.468. The number of phenolic OH excluding ortho intramolecular Hbond substituents is 1. The molecule has 1 amide bonds. The van der Waals surface area contributed by atoms with Crippen LogP contribution in [0.2, 0.25) is 0 Å². The first-order chi connectivity index (χ1) is 10.4. The Morgan fingerprint density at radius 3 is 2.59 bits per heavy atom. The largest absolute Gasteiger partial charge is 0.504 e. The first kappa shape index (κ1) is 16.5. The molecule has 0 spiro atoms. The summed E-state index contributed by atoms with van der Waals surface area (Å²) in [7, 11) is 0. The standard InChI is InChI=1S/C14H19NO7/c1-7(17)15-11-13(20)12(19)10(6-16)22-14(11)21-9-5-3-2-4-8(9)18/h2-5,10-14,16,18-20H,6H2,1H3,(H,15,17)/t10?,11-,12?,13?,14?/m0/s1. The number of carbonyl (C=O) groups excluding carboxylic acids is 1. The number of hydrogen-bond acceptors (Lipinski definition) is 7. The minimum absolute atomic E-state index is 0.0862. The highest BCUT2D eigenvalue weighted by Crippen LogP contribution is 2.29. The number of aliphatic hydroxyl groups excluding tert-OH is 3. The second kappa shape index (κ2) is 6.93. The lowest BCUT2D eigenvalue weighted by Crippen LogP contribution is -2.65. The molecule has 0 aromatic heterocycles. The first-order valence-corrected chi connectivity index (χ1v) is 6.78. The van der Waals surface area contributed by atoms with Crippen molar-refractivity contribution in [3.63, 3.8) is 0 Å². The maximum absolute atomic E-state index is 11.3. The van der Waals surface area contributed by atoms with E-state index in [2.05, 4.69) is 5.32 Å². The third kappa shape index (κ3) is 3.47. The molecule has 5 atom stereocenters. The Morgan fingerprint density at radius 2 is 2.00 bits per heavy atom. The lowest BCUT2D eigenvalue weighted by atomic mass is 9.97. The van der Waals surface area contributed by atoms with Crippen LogP contribution >= 0.6 is 0 Å². The molecule has 1 aliphatic heterocycles. The molecule has 0 radical (unpaired) electrons. The van der Waals surface area contributed by atoms with E-state index in [1.807, 2.05) is 0 Å². The highest BCUT2D eigenvalue weighted by molar-refractivity contribution is 5.73. The summed E-state index contributed by atoms with van der Waals surface area (Å²) in [5.74, 6) is -0.509. The van der Waals surface area contributed by atoms with E-state index in [0.717, 1.165) is 0 Å². The zero-order valence-electron chi connectivity index (χ0n) is 11.9. The van der Waals surface area contributed by atoms with Crippen molar-refractivity contribution in [2.75, 3.05) is 6.61 Å². The van der Waals surface area contributed by atoms with Gasteiger partial charge in [0, 0.05) is 6.92 Å². The average molecular weight is 313 g/mol. The van der Waals surface area contributed by atoms with Crippen LogP contribution < -0.4 is 10.1 Å². The number of nitrogens with one attached hydrogen (secondary N) is 1. The number of benzene rings is 1. The van der Waals surface area contributed by atoms with E-state index in [-0.39, 0.29) is 11.5 Å². The maximum atomic E-state index is 11.3. The number of para-hydroxylation sites is 2. The Hall–Kier alpha value is -1.87. The molecule has 1 fully saturated rings. The fourth-order valence-corrected chi connectivity index (χ4v) is 2.25. The second-order valence-electron chi connectivity index (χ2n) is 5.02. The van der Waals surface area contributed by atoms with Crippen LogP contribution in [-0.2, 0) is 9.53 Å². The summed E-state index contributed by atoms with van der Waals surface area (Å²) in [5.41, 5.74) is 0. The Balaban J connectivity index is 2.23. The lowest BCUT2D eigenvalue weighted by Gasteiger charge is -2.42. The summed E-state index contributed by atoms with van der Waals surface area (Å²) in [5, 5.41) is 41.3. The average Bonchev–Trinajstić information content (AvgIpc) is 2.48. The molecular formula is C14H19NO7. The van der Waals surface area contributed by atoms with Crippen molar-refractivity contribution in [1.29, 1.82) is 0 Å². The zero-order valence-corrected chi connectivity index (χ0v) is 11.9. The van der Waals surface area contributed by atoms with Gasteiger partial charge < -0.3 is 35.2 Å². The van der Waals surface area contributed by atoms with E-state index in [4.69, 9.17) is 9.47 Å². The predicted molar refractivity (Wildman–Crippen MR) is 74.1 cm³/mol. The highest BCUT2D eigenvalue weighted by Gasteiger charge is 2.46. The van der Waals surface area contributed by atoms with Crippen LogP contribution in [0.1, 0.15) is 6.92 Å². The van der Waals surface area contributed by atoms with Crippen LogP contribution in [0.3, 0.4) is 0 Å². The van der Waals surface area contributed by atoms with Crippen molar-refractivity contribution in [1.82, 2.24) is 5.32 Å². The molecule has 0 aliphatic carbocycles. The molecule has 0 saturated carbocycles. The molecule has 1 aromatic carbocycles. The van der Waals surface area contributed by atoms with Gasteiger partial charge in [-0.1, -0.05) is 12.1 Å². The van der Waals surface area contributed by atoms with Gasteiger partial charge in [0.15, 0.2) is 11.5 Å². The molecule has 1 aromatic rings. The summed E-state index contributed by atoms with van der Waals surface area (Å²) in [4.78, 5) is 11.3. The number of phenols is 1. The van der Waals surface area contributed by atoms with Gasteiger partial charge in [-0.05, 0) is 12.1 Å². The molecule has 2 rings (SSSR count). The number of hydrogen-bond donors (Lipinski definition) is 5. The summed E-state index contributed by atoms with van der Waals surface area (Å²) in [6.45, 7) is 0.708. The lowest BCUT2D eigenvalue weighted by molar-refractivity contribution is -0.244. The van der Waals surface area contributed by atoms with Gasteiger partial charge >= 0.3 is 0 Å². The van der Waals surface area contributed by atoms with Crippen molar-refractivity contribution in [2.45, 2.75) is 37.6 Å². The van der Waals surface area contributed by atoms with Crippen molar-refractivity contribution < 1.29 is 34.7 Å². The van der Waals surface area contributed by atoms with Gasteiger partial charge in [-0.3, -0.25) is 4.79 Å². The fraction of sp³-hybridized carbons (Fsp3) is 0.500. The number of aromatic hydroxyl groups is 1.